The minimum atomic E-state index is 0.935. The first-order valence-electron chi connectivity index (χ1n) is 16.5. The number of nitrogens with zero attached hydrogens (tertiary/aromatic N) is 2. The van der Waals surface area contributed by atoms with Gasteiger partial charge in [0.25, 0.3) is 0 Å². The molecule has 0 heterocycles. The average molecular weight is 601 g/mol. The Hall–Kier alpha value is -5.08. The maximum Gasteiger partial charge on any atom is 0.0493 e. The molecule has 0 bridgehead atoms. The zero-order valence-electron chi connectivity index (χ0n) is 28.0. The Kier molecular flexibility index (Phi) is 9.08. The van der Waals surface area contributed by atoms with Crippen LogP contribution in [0.15, 0.2) is 133 Å². The first-order valence-corrected chi connectivity index (χ1v) is 16.5. The van der Waals surface area contributed by atoms with Crippen LogP contribution in [0.1, 0.15) is 47.2 Å². The van der Waals surface area contributed by atoms with E-state index >= 15 is 0 Å². The Labute approximate surface area is 275 Å². The van der Waals surface area contributed by atoms with Gasteiger partial charge < -0.3 is 9.80 Å². The van der Waals surface area contributed by atoms with E-state index in [-0.39, 0.29) is 0 Å². The molecule has 0 radical (unpaired) electrons. The molecule has 46 heavy (non-hydrogen) atoms. The molecular formula is C44H44N2. The fourth-order valence-corrected chi connectivity index (χ4v) is 6.16. The van der Waals surface area contributed by atoms with E-state index in [4.69, 9.17) is 0 Å². The Morgan fingerprint density at radius 3 is 0.848 bits per heavy atom. The fraction of sp³-hybridized carbons (Fsp3) is 0.182. The van der Waals surface area contributed by atoms with Gasteiger partial charge >= 0.3 is 0 Å². The number of hydrogen-bond donors (Lipinski definition) is 0. The molecule has 0 N–H and O–H groups in total. The third-order valence-electron chi connectivity index (χ3n) is 8.90. The molecule has 0 unspecified atom stereocenters. The summed E-state index contributed by atoms with van der Waals surface area (Å²) in [4.78, 5) is 4.78. The van der Waals surface area contributed by atoms with Crippen molar-refractivity contribution in [1.29, 1.82) is 0 Å². The molecular weight excluding hydrogens is 556 g/mol. The molecule has 6 aromatic carbocycles. The molecule has 0 aromatic heterocycles. The van der Waals surface area contributed by atoms with Crippen LogP contribution in [0.2, 0.25) is 0 Å². The summed E-state index contributed by atoms with van der Waals surface area (Å²) < 4.78 is 0. The predicted octanol–water partition coefficient (Wildman–Crippen LogP) is 12.7. The summed E-state index contributed by atoms with van der Waals surface area (Å²) >= 11 is 0. The van der Waals surface area contributed by atoms with Gasteiger partial charge in [0, 0.05) is 34.1 Å². The van der Waals surface area contributed by atoms with Crippen molar-refractivity contribution in [2.75, 3.05) is 9.80 Å². The third-order valence-corrected chi connectivity index (χ3v) is 8.90. The highest BCUT2D eigenvalue weighted by molar-refractivity contribution is 5.83. The quantitative estimate of drug-likeness (QED) is 0.163. The number of benzene rings is 6. The van der Waals surface area contributed by atoms with E-state index in [9.17, 15) is 0 Å². The zero-order chi connectivity index (χ0) is 32.2. The van der Waals surface area contributed by atoms with Gasteiger partial charge in [0.05, 0.1) is 0 Å². The molecule has 0 spiro atoms. The maximum atomic E-state index is 2.39. The van der Waals surface area contributed by atoms with Gasteiger partial charge in [-0.05, 0) is 136 Å². The van der Waals surface area contributed by atoms with Crippen molar-refractivity contribution in [3.05, 3.63) is 167 Å². The maximum absolute atomic E-state index is 2.39. The second-order valence-corrected chi connectivity index (χ2v) is 12.4. The second-order valence-electron chi connectivity index (χ2n) is 12.4. The Morgan fingerprint density at radius 1 is 0.348 bits per heavy atom. The largest absolute Gasteiger partial charge is 0.310 e. The molecule has 0 saturated carbocycles. The van der Waals surface area contributed by atoms with Crippen LogP contribution in [0.4, 0.5) is 34.1 Å². The number of hydrogen-bond acceptors (Lipinski definition) is 2. The van der Waals surface area contributed by atoms with Crippen molar-refractivity contribution in [2.45, 2.75) is 54.4 Å². The van der Waals surface area contributed by atoms with Crippen LogP contribution in [0.25, 0.3) is 11.1 Å². The highest BCUT2D eigenvalue weighted by Crippen LogP contribution is 2.41. The van der Waals surface area contributed by atoms with Crippen LogP contribution >= 0.6 is 0 Å². The minimum absolute atomic E-state index is 0.935. The van der Waals surface area contributed by atoms with Gasteiger partial charge in [-0.2, -0.15) is 0 Å². The van der Waals surface area contributed by atoms with Gasteiger partial charge in [0.15, 0.2) is 0 Å². The highest BCUT2D eigenvalue weighted by Gasteiger charge is 2.19. The summed E-state index contributed by atoms with van der Waals surface area (Å²) in [6.45, 7) is 13.1. The smallest absolute Gasteiger partial charge is 0.0493 e. The monoisotopic (exact) mass is 600 g/mol. The van der Waals surface area contributed by atoms with E-state index < -0.39 is 0 Å². The van der Waals surface area contributed by atoms with Crippen molar-refractivity contribution in [3.63, 3.8) is 0 Å². The van der Waals surface area contributed by atoms with Crippen LogP contribution < -0.4 is 9.80 Å². The number of rotatable bonds is 9. The Bertz CT molecular complexity index is 1680. The van der Waals surface area contributed by atoms with Gasteiger partial charge in [0.2, 0.25) is 0 Å². The van der Waals surface area contributed by atoms with Crippen molar-refractivity contribution in [2.24, 2.45) is 0 Å². The topological polar surface area (TPSA) is 6.48 Å². The van der Waals surface area contributed by atoms with E-state index in [0.717, 1.165) is 12.8 Å². The van der Waals surface area contributed by atoms with Crippen LogP contribution in [0.3, 0.4) is 0 Å². The molecule has 0 amide bonds. The normalized spacial score (nSPS) is 11.0. The summed E-state index contributed by atoms with van der Waals surface area (Å²) in [7, 11) is 0. The van der Waals surface area contributed by atoms with Crippen LogP contribution in [-0.4, -0.2) is 0 Å². The molecule has 2 nitrogen and oxygen atoms in total. The van der Waals surface area contributed by atoms with Crippen molar-refractivity contribution in [1.82, 2.24) is 0 Å². The molecule has 0 aliphatic rings. The standard InChI is InChI=1S/C44H44N2/c1-7-35-29-37(17-27-43(35)45(39-19-9-31(3)10-20-39)40-21-11-32(4)12-22-40)38-18-28-44(36(8-2)30-38)46(41-23-13-33(5)14-24-41)42-25-15-34(6)16-26-42/h9-30H,7-8H2,1-6H3. The van der Waals surface area contributed by atoms with E-state index in [2.05, 4.69) is 185 Å². The van der Waals surface area contributed by atoms with Crippen molar-refractivity contribution in [3.8, 4) is 11.1 Å². The number of anilines is 6. The SMILES string of the molecule is CCc1cc(-c2ccc(N(c3ccc(C)cc3)c3ccc(C)cc3)c(CC)c2)ccc1N(c1ccc(C)cc1)c1ccc(C)cc1. The van der Waals surface area contributed by atoms with E-state index in [1.807, 2.05) is 0 Å². The zero-order valence-corrected chi connectivity index (χ0v) is 28.0. The molecule has 6 aromatic rings. The van der Waals surface area contributed by atoms with Crippen LogP contribution in [0, 0.1) is 27.7 Å². The first-order chi connectivity index (χ1) is 22.3. The fourth-order valence-electron chi connectivity index (χ4n) is 6.16. The summed E-state index contributed by atoms with van der Waals surface area (Å²) in [6, 6.07) is 49.3. The Morgan fingerprint density at radius 2 is 0.609 bits per heavy atom. The van der Waals surface area contributed by atoms with Gasteiger partial charge in [-0.15, -0.1) is 0 Å². The molecule has 2 heteroatoms. The highest BCUT2D eigenvalue weighted by atomic mass is 15.1. The summed E-state index contributed by atoms with van der Waals surface area (Å²) in [5, 5.41) is 0. The predicted molar refractivity (Wildman–Crippen MR) is 199 cm³/mol. The second kappa shape index (κ2) is 13.5. The van der Waals surface area contributed by atoms with E-state index in [1.165, 1.54) is 78.6 Å². The lowest BCUT2D eigenvalue weighted by Gasteiger charge is -2.29. The summed E-state index contributed by atoms with van der Waals surface area (Å²) in [6.07, 6.45) is 1.87. The molecule has 6 rings (SSSR count). The summed E-state index contributed by atoms with van der Waals surface area (Å²) in [5.41, 5.74) is 17.3. The van der Waals surface area contributed by atoms with Crippen molar-refractivity contribution < 1.29 is 0 Å². The molecule has 0 aliphatic heterocycles. The van der Waals surface area contributed by atoms with Gasteiger partial charge in [-0.25, -0.2) is 0 Å². The van der Waals surface area contributed by atoms with Crippen LogP contribution in [0.5, 0.6) is 0 Å². The summed E-state index contributed by atoms with van der Waals surface area (Å²) in [5.74, 6) is 0. The van der Waals surface area contributed by atoms with Gasteiger partial charge in [-0.3, -0.25) is 0 Å². The van der Waals surface area contributed by atoms with E-state index in [1.54, 1.807) is 0 Å². The van der Waals surface area contributed by atoms with Crippen molar-refractivity contribution >= 4 is 34.1 Å². The lowest BCUT2D eigenvalue weighted by Crippen LogP contribution is -2.12. The lowest BCUT2D eigenvalue weighted by molar-refractivity contribution is 1.11. The van der Waals surface area contributed by atoms with Gasteiger partial charge in [-0.1, -0.05) is 96.8 Å². The molecule has 0 aliphatic carbocycles. The third kappa shape index (κ3) is 6.48. The van der Waals surface area contributed by atoms with Crippen LogP contribution in [-0.2, 0) is 12.8 Å². The Balaban J connectivity index is 1.42. The van der Waals surface area contributed by atoms with Gasteiger partial charge in [0.1, 0.15) is 0 Å². The molecule has 0 fully saturated rings. The lowest BCUT2D eigenvalue weighted by atomic mass is 9.96. The molecule has 0 atom stereocenters. The molecule has 230 valence electrons. The first kappa shape index (κ1) is 30.9. The minimum Gasteiger partial charge on any atom is -0.310 e. The number of aryl methyl sites for hydroxylation is 6. The molecule has 0 saturated heterocycles. The average Bonchev–Trinajstić information content (AvgIpc) is 3.08. The van der Waals surface area contributed by atoms with E-state index in [0.29, 0.717) is 0 Å².